The van der Waals surface area contributed by atoms with E-state index in [0.717, 1.165) is 5.56 Å². The summed E-state index contributed by atoms with van der Waals surface area (Å²) in [4.78, 5) is 23.7. The van der Waals surface area contributed by atoms with Crippen molar-refractivity contribution in [3.05, 3.63) is 69.7 Å². The fourth-order valence-electron chi connectivity index (χ4n) is 1.99. The fourth-order valence-corrected chi connectivity index (χ4v) is 2.48. The highest BCUT2D eigenvalue weighted by atomic mass is 35.5. The fraction of sp³-hybridized carbons (Fsp3) is 0.176. The van der Waals surface area contributed by atoms with E-state index in [-0.39, 0.29) is 11.8 Å². The van der Waals surface area contributed by atoms with Crippen molar-refractivity contribution in [3.63, 3.8) is 0 Å². The Morgan fingerprint density at radius 3 is 2.30 bits per heavy atom. The topological polar surface area (TPSA) is 58.2 Å². The maximum absolute atomic E-state index is 12.0. The lowest BCUT2D eigenvalue weighted by molar-refractivity contribution is -0.120. The predicted molar refractivity (Wildman–Crippen MR) is 92.0 cm³/mol. The third-order valence-electron chi connectivity index (χ3n) is 3.12. The number of rotatable bonds is 6. The second-order valence-corrected chi connectivity index (χ2v) is 5.74. The van der Waals surface area contributed by atoms with Crippen molar-refractivity contribution in [2.45, 2.75) is 6.42 Å². The Morgan fingerprint density at radius 1 is 0.913 bits per heavy atom. The smallest absolute Gasteiger partial charge is 0.252 e. The van der Waals surface area contributed by atoms with Gasteiger partial charge in [0.25, 0.3) is 5.91 Å². The lowest BCUT2D eigenvalue weighted by atomic mass is 10.1. The molecule has 0 aliphatic rings. The van der Waals surface area contributed by atoms with Crippen LogP contribution in [0.3, 0.4) is 0 Å². The monoisotopic (exact) mass is 350 g/mol. The summed E-state index contributed by atoms with van der Waals surface area (Å²) in [6.07, 6.45) is 0.317. The highest BCUT2D eigenvalue weighted by Gasteiger charge is 2.10. The lowest BCUT2D eigenvalue weighted by Crippen LogP contribution is -2.35. The third kappa shape index (κ3) is 5.58. The van der Waals surface area contributed by atoms with Crippen molar-refractivity contribution in [2.24, 2.45) is 0 Å². The average Bonchev–Trinajstić information content (AvgIpc) is 2.52. The molecule has 0 aliphatic heterocycles. The summed E-state index contributed by atoms with van der Waals surface area (Å²) in [7, 11) is 0. The van der Waals surface area contributed by atoms with Crippen LogP contribution in [0.1, 0.15) is 15.9 Å². The van der Waals surface area contributed by atoms with E-state index in [9.17, 15) is 9.59 Å². The van der Waals surface area contributed by atoms with Crippen LogP contribution < -0.4 is 10.6 Å². The molecule has 120 valence electrons. The van der Waals surface area contributed by atoms with E-state index in [0.29, 0.717) is 35.1 Å². The van der Waals surface area contributed by atoms with Gasteiger partial charge in [0, 0.05) is 18.1 Å². The van der Waals surface area contributed by atoms with Gasteiger partial charge in [0.1, 0.15) is 0 Å². The zero-order valence-corrected chi connectivity index (χ0v) is 13.8. The van der Waals surface area contributed by atoms with Crippen molar-refractivity contribution in [2.75, 3.05) is 13.1 Å². The second kappa shape index (κ2) is 8.56. The molecule has 0 heterocycles. The normalized spacial score (nSPS) is 10.2. The minimum absolute atomic E-state index is 0.0880. The van der Waals surface area contributed by atoms with Gasteiger partial charge in [-0.3, -0.25) is 9.59 Å². The number of carbonyl (C=O) groups excluding carboxylic acids is 2. The molecule has 0 aromatic heterocycles. The Balaban J connectivity index is 1.72. The lowest BCUT2D eigenvalue weighted by Gasteiger charge is -2.08. The van der Waals surface area contributed by atoms with Crippen LogP contribution >= 0.6 is 23.2 Å². The van der Waals surface area contributed by atoms with Crippen molar-refractivity contribution >= 4 is 35.0 Å². The zero-order valence-electron chi connectivity index (χ0n) is 12.3. The first-order valence-electron chi connectivity index (χ1n) is 7.10. The zero-order chi connectivity index (χ0) is 16.7. The second-order valence-electron chi connectivity index (χ2n) is 4.89. The van der Waals surface area contributed by atoms with Crippen LogP contribution in [0.15, 0.2) is 48.5 Å². The molecule has 2 aromatic rings. The number of halogens is 2. The third-order valence-corrected chi connectivity index (χ3v) is 3.66. The molecule has 0 spiro atoms. The van der Waals surface area contributed by atoms with E-state index in [1.807, 2.05) is 30.3 Å². The molecule has 0 saturated heterocycles. The number of nitrogens with one attached hydrogen (secondary N) is 2. The Labute approximate surface area is 144 Å². The molecule has 0 unspecified atom stereocenters. The van der Waals surface area contributed by atoms with E-state index in [1.165, 1.54) is 6.07 Å². The van der Waals surface area contributed by atoms with Gasteiger partial charge >= 0.3 is 0 Å². The molecule has 4 nitrogen and oxygen atoms in total. The van der Waals surface area contributed by atoms with Crippen LogP contribution in [-0.2, 0) is 11.2 Å². The molecular formula is C17H16Cl2N2O2. The van der Waals surface area contributed by atoms with Gasteiger partial charge in [0.05, 0.1) is 17.0 Å². The maximum Gasteiger partial charge on any atom is 0.252 e. The van der Waals surface area contributed by atoms with Gasteiger partial charge < -0.3 is 10.6 Å². The summed E-state index contributed by atoms with van der Waals surface area (Å²) < 4.78 is 0. The van der Waals surface area contributed by atoms with Gasteiger partial charge in [-0.05, 0) is 23.8 Å². The highest BCUT2D eigenvalue weighted by Crippen LogP contribution is 2.20. The molecule has 0 aliphatic carbocycles. The summed E-state index contributed by atoms with van der Waals surface area (Å²) in [6, 6.07) is 14.1. The number of carbonyl (C=O) groups is 2. The van der Waals surface area contributed by atoms with E-state index < -0.39 is 0 Å². The summed E-state index contributed by atoms with van der Waals surface area (Å²) in [5.74, 6) is -0.390. The van der Waals surface area contributed by atoms with Crippen molar-refractivity contribution in [1.82, 2.24) is 10.6 Å². The van der Waals surface area contributed by atoms with Gasteiger partial charge in [-0.2, -0.15) is 0 Å². The molecular weight excluding hydrogens is 335 g/mol. The number of hydrogen-bond donors (Lipinski definition) is 2. The highest BCUT2D eigenvalue weighted by molar-refractivity contribution is 6.36. The minimum Gasteiger partial charge on any atom is -0.354 e. The standard InChI is InChI=1S/C17H16Cl2N2O2/c18-13-6-7-14(15(19)11-13)17(23)21-9-8-20-16(22)10-12-4-2-1-3-5-12/h1-7,11H,8-10H2,(H,20,22)(H,21,23). The van der Waals surface area contributed by atoms with Gasteiger partial charge in [-0.25, -0.2) is 0 Å². The van der Waals surface area contributed by atoms with Crippen LogP contribution in [0.4, 0.5) is 0 Å². The minimum atomic E-state index is -0.302. The van der Waals surface area contributed by atoms with Crippen LogP contribution in [0.25, 0.3) is 0 Å². The number of hydrogen-bond acceptors (Lipinski definition) is 2. The summed E-state index contributed by atoms with van der Waals surface area (Å²) in [5, 5.41) is 6.22. The van der Waals surface area contributed by atoms with Crippen LogP contribution in [0.5, 0.6) is 0 Å². The van der Waals surface area contributed by atoms with E-state index >= 15 is 0 Å². The first kappa shape index (κ1) is 17.3. The molecule has 23 heavy (non-hydrogen) atoms. The molecule has 0 saturated carbocycles. The molecule has 0 fully saturated rings. The van der Waals surface area contributed by atoms with Gasteiger partial charge in [-0.15, -0.1) is 0 Å². The Morgan fingerprint density at radius 2 is 1.61 bits per heavy atom. The molecule has 0 bridgehead atoms. The SMILES string of the molecule is O=C(Cc1ccccc1)NCCNC(=O)c1ccc(Cl)cc1Cl. The van der Waals surface area contributed by atoms with Crippen molar-refractivity contribution < 1.29 is 9.59 Å². The molecule has 6 heteroatoms. The summed E-state index contributed by atoms with van der Waals surface area (Å²) in [6.45, 7) is 0.668. The predicted octanol–water partition coefficient (Wildman–Crippen LogP) is 3.08. The summed E-state index contributed by atoms with van der Waals surface area (Å²) in [5.41, 5.74) is 1.30. The van der Waals surface area contributed by atoms with E-state index in [4.69, 9.17) is 23.2 Å². The molecule has 0 atom stereocenters. The molecule has 2 rings (SSSR count). The molecule has 0 radical (unpaired) electrons. The summed E-state index contributed by atoms with van der Waals surface area (Å²) >= 11 is 11.7. The molecule has 2 amide bonds. The average molecular weight is 351 g/mol. The Hall–Kier alpha value is -2.04. The van der Waals surface area contributed by atoms with E-state index in [1.54, 1.807) is 12.1 Å². The van der Waals surface area contributed by atoms with Crippen LogP contribution in [-0.4, -0.2) is 24.9 Å². The molecule has 2 N–H and O–H groups in total. The first-order chi connectivity index (χ1) is 11.1. The molecule has 2 aromatic carbocycles. The number of benzene rings is 2. The Bertz CT molecular complexity index is 690. The van der Waals surface area contributed by atoms with Crippen molar-refractivity contribution in [3.8, 4) is 0 Å². The largest absolute Gasteiger partial charge is 0.354 e. The first-order valence-corrected chi connectivity index (χ1v) is 7.86. The quantitative estimate of drug-likeness (QED) is 0.786. The van der Waals surface area contributed by atoms with E-state index in [2.05, 4.69) is 10.6 Å². The number of amides is 2. The van der Waals surface area contributed by atoms with Crippen LogP contribution in [0, 0.1) is 0 Å². The van der Waals surface area contributed by atoms with Crippen molar-refractivity contribution in [1.29, 1.82) is 0 Å². The van der Waals surface area contributed by atoms with Gasteiger partial charge in [-0.1, -0.05) is 53.5 Å². The maximum atomic E-state index is 12.0. The Kier molecular flexibility index (Phi) is 6.44. The van der Waals surface area contributed by atoms with Gasteiger partial charge in [0.15, 0.2) is 0 Å². The van der Waals surface area contributed by atoms with Crippen LogP contribution in [0.2, 0.25) is 10.0 Å². The van der Waals surface area contributed by atoms with Gasteiger partial charge in [0.2, 0.25) is 5.91 Å².